The zero-order chi connectivity index (χ0) is 21.8. The molecule has 7 heteroatoms. The molecule has 0 aliphatic heterocycles. The van der Waals surface area contributed by atoms with Crippen molar-refractivity contribution >= 4 is 5.97 Å². The molecular weight excluding hydrogens is 420 g/mol. The number of halogens is 1. The Balaban J connectivity index is 0.00000289. The van der Waals surface area contributed by atoms with E-state index in [1.54, 1.807) is 12.1 Å². The van der Waals surface area contributed by atoms with E-state index in [0.717, 1.165) is 35.1 Å². The maximum atomic E-state index is 14.2. The van der Waals surface area contributed by atoms with Crippen LogP contribution >= 0.6 is 0 Å². The minimum Gasteiger partial charge on any atom is -0.550 e. The molecule has 32 heavy (non-hydrogen) atoms. The monoisotopic (exact) mass is 443 g/mol. The Hall–Kier alpha value is -2.25. The molecule has 2 atom stereocenters. The van der Waals surface area contributed by atoms with Crippen molar-refractivity contribution in [2.45, 2.75) is 38.4 Å². The number of benzene rings is 2. The van der Waals surface area contributed by atoms with Gasteiger partial charge in [0.2, 0.25) is 5.95 Å². The number of aliphatic carboxylic acids is 1. The normalized spacial score (nSPS) is 15.5. The molecule has 1 aromatic heterocycles. The molecule has 0 radical (unpaired) electrons. The molecular formula is C25H23FNNaO4. The van der Waals surface area contributed by atoms with Crippen molar-refractivity contribution in [3.8, 4) is 16.9 Å². The summed E-state index contributed by atoms with van der Waals surface area (Å²) in [6.45, 7) is 2.23. The summed E-state index contributed by atoms with van der Waals surface area (Å²) in [7, 11) is 0. The number of pyridine rings is 1. The Morgan fingerprint density at radius 3 is 2.59 bits per heavy atom. The second-order valence-electron chi connectivity index (χ2n) is 7.45. The number of rotatable bonds is 8. The minimum atomic E-state index is -1.15. The van der Waals surface area contributed by atoms with Gasteiger partial charge in [0.05, 0.1) is 6.10 Å². The summed E-state index contributed by atoms with van der Waals surface area (Å²) in [5, 5.41) is 11.0. The zero-order valence-corrected chi connectivity index (χ0v) is 20.2. The first-order valence-electron chi connectivity index (χ1n) is 10.4. The first kappa shape index (κ1) is 24.4. The molecule has 160 valence electrons. The predicted molar refractivity (Wildman–Crippen MR) is 112 cm³/mol. The molecule has 1 aliphatic carbocycles. The summed E-state index contributed by atoms with van der Waals surface area (Å²) in [6.07, 6.45) is 2.15. The molecule has 1 aliphatic rings. The Morgan fingerprint density at radius 1 is 1.16 bits per heavy atom. The fourth-order valence-corrected chi connectivity index (χ4v) is 4.13. The molecule has 0 fully saturated rings. The zero-order valence-electron chi connectivity index (χ0n) is 18.2. The number of hydrogen-bond donors (Lipinski definition) is 0. The van der Waals surface area contributed by atoms with Crippen LogP contribution in [-0.2, 0) is 16.0 Å². The minimum absolute atomic E-state index is 0. The molecule has 0 N–H and O–H groups in total. The van der Waals surface area contributed by atoms with E-state index in [1.807, 2.05) is 49.4 Å². The summed E-state index contributed by atoms with van der Waals surface area (Å²) >= 11 is 0. The fourth-order valence-electron chi connectivity index (χ4n) is 4.13. The Kier molecular flexibility index (Phi) is 8.43. The van der Waals surface area contributed by atoms with Gasteiger partial charge in [0.1, 0.15) is 11.9 Å². The van der Waals surface area contributed by atoms with E-state index in [2.05, 4.69) is 4.98 Å². The molecule has 4 rings (SSSR count). The average Bonchev–Trinajstić information content (AvgIpc) is 3.17. The van der Waals surface area contributed by atoms with Crippen LogP contribution in [0.1, 0.15) is 48.7 Å². The van der Waals surface area contributed by atoms with E-state index in [-0.39, 0.29) is 42.1 Å². The fraction of sp³-hybridized carbons (Fsp3) is 0.280. The van der Waals surface area contributed by atoms with Crippen molar-refractivity contribution in [2.75, 3.05) is 6.61 Å². The van der Waals surface area contributed by atoms with Crippen molar-refractivity contribution in [3.05, 3.63) is 83.4 Å². The second kappa shape index (κ2) is 11.1. The summed E-state index contributed by atoms with van der Waals surface area (Å²) in [5.41, 5.74) is 4.25. The maximum absolute atomic E-state index is 14.2. The van der Waals surface area contributed by atoms with Crippen LogP contribution in [0.3, 0.4) is 0 Å². The van der Waals surface area contributed by atoms with Gasteiger partial charge in [-0.25, -0.2) is 4.98 Å². The SMILES string of the molecule is CCO[C@@H](CC(=O)[O-])c1ccc(O[C@@H]2CCc3c(-c4cccnc4F)cccc32)cc1.[Na+]. The number of carbonyl (C=O) groups excluding carboxylic acids is 1. The molecule has 0 amide bonds. The van der Waals surface area contributed by atoms with Crippen LogP contribution in [-0.4, -0.2) is 17.6 Å². The third-order valence-corrected chi connectivity index (χ3v) is 5.52. The van der Waals surface area contributed by atoms with Crippen LogP contribution in [0.2, 0.25) is 0 Å². The first-order chi connectivity index (χ1) is 15.1. The molecule has 0 saturated heterocycles. The van der Waals surface area contributed by atoms with Gasteiger partial charge in [-0.15, -0.1) is 0 Å². The molecule has 0 unspecified atom stereocenters. The standard InChI is InChI=1S/C25H24FNO4.Na/c1-2-30-23(15-24(28)29)16-8-10-17(11-9-16)31-22-13-12-19-18(5-3-6-20(19)22)21-7-4-14-27-25(21)26;/h3-11,14,22-23H,2,12-13,15H2,1H3,(H,28,29);/q;+1/p-1/t22-,23+;/m1./s1. The van der Waals surface area contributed by atoms with Gasteiger partial charge in [-0.3, -0.25) is 0 Å². The third-order valence-electron chi connectivity index (χ3n) is 5.52. The van der Waals surface area contributed by atoms with Crippen LogP contribution in [0.4, 0.5) is 4.39 Å². The largest absolute Gasteiger partial charge is 1.00 e. The van der Waals surface area contributed by atoms with Crippen molar-refractivity contribution in [3.63, 3.8) is 0 Å². The predicted octanol–water partition coefficient (Wildman–Crippen LogP) is 1.18. The third kappa shape index (κ3) is 5.38. The van der Waals surface area contributed by atoms with E-state index in [1.165, 1.54) is 6.20 Å². The van der Waals surface area contributed by atoms with Crippen molar-refractivity contribution in [1.29, 1.82) is 0 Å². The van der Waals surface area contributed by atoms with Gasteiger partial charge in [-0.05, 0) is 66.3 Å². The average molecular weight is 443 g/mol. The van der Waals surface area contributed by atoms with Gasteiger partial charge in [0, 0.05) is 30.8 Å². The molecule has 2 aromatic carbocycles. The number of ether oxygens (including phenoxy) is 2. The molecule has 3 aromatic rings. The van der Waals surface area contributed by atoms with Crippen LogP contribution < -0.4 is 39.4 Å². The number of carboxylic acid groups (broad SMARTS) is 1. The van der Waals surface area contributed by atoms with Crippen molar-refractivity contribution < 1.29 is 53.3 Å². The van der Waals surface area contributed by atoms with Gasteiger partial charge >= 0.3 is 29.6 Å². The molecule has 0 saturated carbocycles. The molecule has 0 spiro atoms. The van der Waals surface area contributed by atoms with Gasteiger partial charge in [0.15, 0.2) is 0 Å². The number of fused-ring (bicyclic) bond motifs is 1. The molecule has 5 nitrogen and oxygen atoms in total. The van der Waals surface area contributed by atoms with Crippen molar-refractivity contribution in [2.24, 2.45) is 0 Å². The Bertz CT molecular complexity index is 1070. The van der Waals surface area contributed by atoms with Crippen LogP contribution in [0.5, 0.6) is 5.75 Å². The second-order valence-corrected chi connectivity index (χ2v) is 7.45. The molecule has 1 heterocycles. The Morgan fingerprint density at radius 2 is 1.91 bits per heavy atom. The summed E-state index contributed by atoms with van der Waals surface area (Å²) in [6, 6.07) is 16.6. The summed E-state index contributed by atoms with van der Waals surface area (Å²) in [4.78, 5) is 14.8. The van der Waals surface area contributed by atoms with Crippen LogP contribution in [0, 0.1) is 5.95 Å². The van der Waals surface area contributed by atoms with Crippen LogP contribution in [0.15, 0.2) is 60.8 Å². The molecule has 0 bridgehead atoms. The summed E-state index contributed by atoms with van der Waals surface area (Å²) < 4.78 is 26.0. The number of nitrogens with zero attached hydrogens (tertiary/aromatic N) is 1. The van der Waals surface area contributed by atoms with Gasteiger partial charge in [-0.1, -0.05) is 30.3 Å². The number of carbonyl (C=O) groups is 1. The van der Waals surface area contributed by atoms with E-state index in [9.17, 15) is 14.3 Å². The van der Waals surface area contributed by atoms with Gasteiger partial charge < -0.3 is 19.4 Å². The van der Waals surface area contributed by atoms with Gasteiger partial charge in [-0.2, -0.15) is 4.39 Å². The first-order valence-corrected chi connectivity index (χ1v) is 10.4. The van der Waals surface area contributed by atoms with Crippen LogP contribution in [0.25, 0.3) is 11.1 Å². The topological polar surface area (TPSA) is 71.5 Å². The maximum Gasteiger partial charge on any atom is 1.00 e. The summed E-state index contributed by atoms with van der Waals surface area (Å²) in [5.74, 6) is -0.943. The van der Waals surface area contributed by atoms with Gasteiger partial charge in [0.25, 0.3) is 0 Å². The van der Waals surface area contributed by atoms with E-state index in [0.29, 0.717) is 17.9 Å². The van der Waals surface area contributed by atoms with E-state index >= 15 is 0 Å². The smallest absolute Gasteiger partial charge is 0.550 e. The number of hydrogen-bond acceptors (Lipinski definition) is 5. The van der Waals surface area contributed by atoms with E-state index in [4.69, 9.17) is 9.47 Å². The number of aromatic nitrogens is 1. The van der Waals surface area contributed by atoms with Crippen molar-refractivity contribution in [1.82, 2.24) is 4.98 Å². The Labute approximate surface area is 208 Å². The number of carboxylic acids is 1. The quantitative estimate of drug-likeness (QED) is 0.386. The van der Waals surface area contributed by atoms with E-state index < -0.39 is 18.0 Å².